The summed E-state index contributed by atoms with van der Waals surface area (Å²) in [5.41, 5.74) is -0.0713. The van der Waals surface area contributed by atoms with E-state index in [1.165, 1.54) is 12.1 Å². The lowest BCUT2D eigenvalue weighted by molar-refractivity contribution is -0.176. The average molecular weight is 1060 g/mol. The molecule has 5 saturated heterocycles. The molecule has 5 aliphatic heterocycles. The minimum atomic E-state index is -0.812. The number of nitrogens with zero attached hydrogens (tertiary/aromatic N) is 5. The van der Waals surface area contributed by atoms with Gasteiger partial charge in [0, 0.05) is 75.4 Å². The van der Waals surface area contributed by atoms with Gasteiger partial charge in [-0.3, -0.25) is 28.8 Å². The number of ether oxygens (including phenoxy) is 1. The summed E-state index contributed by atoms with van der Waals surface area (Å²) >= 11 is 0. The number of halogens is 2. The van der Waals surface area contributed by atoms with Gasteiger partial charge in [0.2, 0.25) is 17.7 Å². The molecule has 7 fully saturated rings. The second kappa shape index (κ2) is 22.7. The Hall–Kier alpha value is -6.07. The fourth-order valence-electron chi connectivity index (χ4n) is 13.3. The number of rotatable bonds is 13. The molecule has 0 radical (unpaired) electrons. The van der Waals surface area contributed by atoms with Crippen LogP contribution in [0.25, 0.3) is 10.8 Å². The maximum Gasteiger partial charge on any atom is 0.272 e. The molecule has 2 aliphatic carbocycles. The molecule has 5 amide bonds. The number of H-pyrrole nitrogens is 1. The van der Waals surface area contributed by atoms with E-state index >= 15 is 8.78 Å². The van der Waals surface area contributed by atoms with Gasteiger partial charge in [0.1, 0.15) is 17.7 Å². The minimum Gasteiger partial charge on any atom is -0.371 e. The number of nitrogens with one attached hydrogen (secondary N) is 3. The van der Waals surface area contributed by atoms with Crippen LogP contribution in [0.15, 0.2) is 65.5 Å². The number of amides is 5. The third-order valence-electron chi connectivity index (χ3n) is 17.9. The lowest BCUT2D eigenvalue weighted by atomic mass is 9.70. The van der Waals surface area contributed by atoms with Gasteiger partial charge in [-0.25, -0.2) is 13.9 Å². The van der Waals surface area contributed by atoms with Gasteiger partial charge in [-0.1, -0.05) is 76.4 Å². The molecule has 3 aromatic carbocycles. The number of hydrogen-bond acceptors (Lipinski definition) is 9. The lowest BCUT2D eigenvalue weighted by Gasteiger charge is -2.55. The van der Waals surface area contributed by atoms with E-state index in [9.17, 15) is 28.8 Å². The van der Waals surface area contributed by atoms with Crippen molar-refractivity contribution in [3.05, 3.63) is 111 Å². The highest BCUT2D eigenvalue weighted by Gasteiger charge is 2.52. The summed E-state index contributed by atoms with van der Waals surface area (Å²) in [6.45, 7) is 11.0. The summed E-state index contributed by atoms with van der Waals surface area (Å²) in [4.78, 5) is 88.9. The summed E-state index contributed by atoms with van der Waals surface area (Å²) < 4.78 is 38.3. The maximum atomic E-state index is 16.4. The highest BCUT2D eigenvalue weighted by atomic mass is 19.1. The van der Waals surface area contributed by atoms with Crippen molar-refractivity contribution < 1.29 is 37.5 Å². The summed E-state index contributed by atoms with van der Waals surface area (Å²) in [6, 6.07) is 15.7. The molecule has 2 bridgehead atoms. The van der Waals surface area contributed by atoms with Crippen LogP contribution in [0.4, 0.5) is 8.78 Å². The number of aromatic nitrogens is 2. The highest BCUT2D eigenvalue weighted by molar-refractivity contribution is 5.98. The first-order valence-corrected chi connectivity index (χ1v) is 28.4. The highest BCUT2D eigenvalue weighted by Crippen LogP contribution is 2.45. The SMILES string of the molecule is CC(C)(C)C(=O)N1CCCC(c2cccc(C(=O)N[C@@H](C(=O)NC34CCC(CN5CCC(CC(=O)N6CCN(C(=O)c7cc(Cc8n[nH]c(=O)c9ccccc89)ccc7F)CC6)CC5)(CC3)OC4)C3CCCCC3)c2F)C1. The van der Waals surface area contributed by atoms with Crippen LogP contribution in [-0.4, -0.2) is 142 Å². The number of benzene rings is 3. The topological polar surface area (TPSA) is 177 Å². The van der Waals surface area contributed by atoms with Gasteiger partial charge < -0.3 is 35.0 Å². The number of carbonyl (C=O) groups excluding carboxylic acids is 5. The van der Waals surface area contributed by atoms with Gasteiger partial charge in [-0.2, -0.15) is 5.10 Å². The predicted octanol–water partition coefficient (Wildman–Crippen LogP) is 7.51. The van der Waals surface area contributed by atoms with E-state index in [-0.39, 0.29) is 57.8 Å². The molecule has 2 atom stereocenters. The average Bonchev–Trinajstić information content (AvgIpc) is 3.49. The van der Waals surface area contributed by atoms with Crippen LogP contribution in [0.3, 0.4) is 0 Å². The van der Waals surface area contributed by atoms with Crippen molar-refractivity contribution in [1.82, 2.24) is 40.4 Å². The monoisotopic (exact) mass is 1060 g/mol. The Morgan fingerprint density at radius 1 is 0.779 bits per heavy atom. The van der Waals surface area contributed by atoms with E-state index in [0.717, 1.165) is 96.7 Å². The fourth-order valence-corrected chi connectivity index (χ4v) is 13.3. The van der Waals surface area contributed by atoms with E-state index in [0.29, 0.717) is 92.7 Å². The van der Waals surface area contributed by atoms with Crippen LogP contribution >= 0.6 is 0 Å². The number of fused-ring (bicyclic) bond motifs is 4. The number of piperazine rings is 1. The molecule has 3 N–H and O–H groups in total. The van der Waals surface area contributed by atoms with Crippen LogP contribution in [-0.2, 0) is 25.5 Å². The lowest BCUT2D eigenvalue weighted by Crippen LogP contribution is -2.67. The number of likely N-dealkylation sites (tertiary alicyclic amines) is 2. The number of aromatic amines is 1. The van der Waals surface area contributed by atoms with Gasteiger partial charge >= 0.3 is 0 Å². The Kier molecular flexibility index (Phi) is 16.0. The number of carbonyl (C=O) groups is 5. The van der Waals surface area contributed by atoms with Crippen LogP contribution in [0.5, 0.6) is 0 Å². The third kappa shape index (κ3) is 12.0. The Labute approximate surface area is 450 Å². The van der Waals surface area contributed by atoms with Crippen LogP contribution in [0.2, 0.25) is 0 Å². The number of hydrogen-bond donors (Lipinski definition) is 3. The first-order valence-electron chi connectivity index (χ1n) is 28.4. The number of piperidine rings is 2. The Bertz CT molecular complexity index is 2890. The second-order valence-electron chi connectivity index (χ2n) is 24.3. The minimum absolute atomic E-state index is 0.0288. The van der Waals surface area contributed by atoms with E-state index in [1.54, 1.807) is 41.3 Å². The Morgan fingerprint density at radius 3 is 2.19 bits per heavy atom. The molecule has 11 rings (SSSR count). The van der Waals surface area contributed by atoms with E-state index in [1.807, 2.05) is 42.7 Å². The van der Waals surface area contributed by atoms with Crippen molar-refractivity contribution in [3.8, 4) is 0 Å². The smallest absolute Gasteiger partial charge is 0.272 e. The first-order chi connectivity index (χ1) is 37.0. The molecule has 77 heavy (non-hydrogen) atoms. The fraction of sp³-hybridized carbons (Fsp3) is 0.583. The van der Waals surface area contributed by atoms with Crippen molar-refractivity contribution in [1.29, 1.82) is 0 Å². The van der Waals surface area contributed by atoms with Crippen molar-refractivity contribution in [2.24, 2.45) is 17.3 Å². The molecule has 7 aliphatic rings. The molecule has 1 aromatic heterocycles. The summed E-state index contributed by atoms with van der Waals surface area (Å²) in [7, 11) is 0. The largest absolute Gasteiger partial charge is 0.371 e. The predicted molar refractivity (Wildman–Crippen MR) is 288 cm³/mol. The van der Waals surface area contributed by atoms with Crippen LogP contribution in [0, 0.1) is 28.9 Å². The molecule has 15 nitrogen and oxygen atoms in total. The van der Waals surface area contributed by atoms with Gasteiger partial charge in [-0.05, 0) is 125 Å². The first kappa shape index (κ1) is 54.3. The standard InChI is InChI=1S/C60H76F2N8O7/c1-58(2,3)57(76)70-26-10-13-42(36-70)43-16-9-17-46(51(43)62)53(72)63-52(41-11-5-4-6-12-41)55(74)64-59-22-24-60(25-23-59,77-38-59)37-67-27-20-39(21-28-67)35-50(71)68-29-31-69(32-30-68)56(75)47-33-40(18-19-48(47)61)34-49-44-14-7-8-15-45(44)54(73)66-65-49/h7-9,14-19,33,39,41-42,52H,4-6,10-13,20-32,34-38H2,1-3H3,(H,63,72)(H,64,74)(H,66,73)/t42?,52-,59?,60?/m1/s1. The molecule has 17 heteroatoms. The van der Waals surface area contributed by atoms with Crippen LogP contribution < -0.4 is 16.2 Å². The van der Waals surface area contributed by atoms with Crippen molar-refractivity contribution in [2.75, 3.05) is 65.5 Å². The molecule has 412 valence electrons. The molecular weight excluding hydrogens is 983 g/mol. The second-order valence-corrected chi connectivity index (χ2v) is 24.3. The van der Waals surface area contributed by atoms with Crippen molar-refractivity contribution in [2.45, 2.75) is 140 Å². The third-order valence-corrected chi connectivity index (χ3v) is 17.9. The Morgan fingerprint density at radius 2 is 1.49 bits per heavy atom. The maximum absolute atomic E-state index is 16.4. The Balaban J connectivity index is 0.679. The molecule has 0 spiro atoms. The molecule has 4 aromatic rings. The van der Waals surface area contributed by atoms with Gasteiger partial charge in [0.25, 0.3) is 17.4 Å². The van der Waals surface area contributed by atoms with Crippen LogP contribution in [0.1, 0.15) is 154 Å². The van der Waals surface area contributed by atoms with Gasteiger partial charge in [0.05, 0.1) is 40.0 Å². The van der Waals surface area contributed by atoms with E-state index in [4.69, 9.17) is 4.74 Å². The molecule has 6 heterocycles. The molecular formula is C60H76F2N8O7. The van der Waals surface area contributed by atoms with Crippen molar-refractivity contribution in [3.63, 3.8) is 0 Å². The van der Waals surface area contributed by atoms with Crippen molar-refractivity contribution >= 4 is 40.3 Å². The van der Waals surface area contributed by atoms with E-state index < -0.39 is 40.4 Å². The normalized spacial score (nSPS) is 24.2. The van der Waals surface area contributed by atoms with Gasteiger partial charge in [0.15, 0.2) is 0 Å². The quantitative estimate of drug-likeness (QED) is 0.122. The van der Waals surface area contributed by atoms with E-state index in [2.05, 4.69) is 25.7 Å². The zero-order valence-electron chi connectivity index (χ0n) is 45.1. The summed E-state index contributed by atoms with van der Waals surface area (Å²) in [5.74, 6) is -2.39. The summed E-state index contributed by atoms with van der Waals surface area (Å²) in [5, 5.41) is 14.4. The zero-order chi connectivity index (χ0) is 54.1. The molecule has 1 unspecified atom stereocenters. The van der Waals surface area contributed by atoms with Gasteiger partial charge in [-0.15, -0.1) is 0 Å². The zero-order valence-corrected chi connectivity index (χ0v) is 45.1. The molecule has 2 saturated carbocycles. The summed E-state index contributed by atoms with van der Waals surface area (Å²) in [6.07, 6.45) is 11.7.